The first-order chi connectivity index (χ1) is 7.81. The number of halogens is 1. The van der Waals surface area contributed by atoms with Gasteiger partial charge in [-0.25, -0.2) is 4.98 Å². The highest BCUT2D eigenvalue weighted by molar-refractivity contribution is 9.09. The SMILES string of the molecule is O=C(CBr)c1cnc(-c2ccccc2)cn1. The Morgan fingerprint density at radius 2 is 1.88 bits per heavy atom. The van der Waals surface area contributed by atoms with Crippen molar-refractivity contribution in [3.05, 3.63) is 48.4 Å². The van der Waals surface area contributed by atoms with Crippen LogP contribution in [0.4, 0.5) is 0 Å². The highest BCUT2D eigenvalue weighted by Gasteiger charge is 2.06. The summed E-state index contributed by atoms with van der Waals surface area (Å²) in [5.41, 5.74) is 2.15. The van der Waals surface area contributed by atoms with Crippen molar-refractivity contribution in [2.75, 3.05) is 5.33 Å². The molecule has 0 saturated carbocycles. The number of benzene rings is 1. The van der Waals surface area contributed by atoms with Crippen LogP contribution in [0.15, 0.2) is 42.7 Å². The molecule has 0 unspecified atom stereocenters. The Bertz CT molecular complexity index is 482. The Kier molecular flexibility index (Phi) is 3.41. The monoisotopic (exact) mass is 276 g/mol. The van der Waals surface area contributed by atoms with Gasteiger partial charge in [0.05, 0.1) is 23.4 Å². The molecule has 16 heavy (non-hydrogen) atoms. The molecule has 80 valence electrons. The molecular weight excluding hydrogens is 268 g/mol. The lowest BCUT2D eigenvalue weighted by Gasteiger charge is -2.00. The van der Waals surface area contributed by atoms with Crippen LogP contribution in [0.2, 0.25) is 0 Å². The van der Waals surface area contributed by atoms with E-state index in [0.717, 1.165) is 11.3 Å². The van der Waals surface area contributed by atoms with Gasteiger partial charge in [-0.15, -0.1) is 0 Å². The summed E-state index contributed by atoms with van der Waals surface area (Å²) in [5, 5.41) is 0.270. The molecule has 0 N–H and O–H groups in total. The first kappa shape index (κ1) is 11.0. The summed E-state index contributed by atoms with van der Waals surface area (Å²) in [6, 6.07) is 9.73. The van der Waals surface area contributed by atoms with Gasteiger partial charge in [0.1, 0.15) is 5.69 Å². The number of alkyl halides is 1. The first-order valence-corrected chi connectivity index (χ1v) is 5.90. The van der Waals surface area contributed by atoms with Crippen molar-refractivity contribution in [3.63, 3.8) is 0 Å². The van der Waals surface area contributed by atoms with Gasteiger partial charge in [-0.2, -0.15) is 0 Å². The van der Waals surface area contributed by atoms with Gasteiger partial charge >= 0.3 is 0 Å². The summed E-state index contributed by atoms with van der Waals surface area (Å²) in [5.74, 6) is -0.0629. The molecule has 1 heterocycles. The molecule has 0 atom stereocenters. The van der Waals surface area contributed by atoms with Gasteiger partial charge in [-0.3, -0.25) is 9.78 Å². The fourth-order valence-electron chi connectivity index (χ4n) is 1.30. The van der Waals surface area contributed by atoms with Gasteiger partial charge in [-0.1, -0.05) is 46.3 Å². The van der Waals surface area contributed by atoms with Crippen molar-refractivity contribution in [3.8, 4) is 11.3 Å². The minimum atomic E-state index is -0.0629. The van der Waals surface area contributed by atoms with E-state index in [1.54, 1.807) is 6.20 Å². The second kappa shape index (κ2) is 4.99. The quantitative estimate of drug-likeness (QED) is 0.640. The second-order valence-electron chi connectivity index (χ2n) is 3.21. The predicted molar refractivity (Wildman–Crippen MR) is 65.6 cm³/mol. The topological polar surface area (TPSA) is 42.9 Å². The van der Waals surface area contributed by atoms with Crippen LogP contribution in [0.1, 0.15) is 10.5 Å². The number of nitrogens with zero attached hydrogens (tertiary/aromatic N) is 2. The number of hydrogen-bond acceptors (Lipinski definition) is 3. The van der Waals surface area contributed by atoms with E-state index in [-0.39, 0.29) is 11.1 Å². The van der Waals surface area contributed by atoms with E-state index in [1.165, 1.54) is 6.20 Å². The number of Topliss-reactive ketones (excluding diaryl/α,β-unsaturated/α-hetero) is 1. The summed E-state index contributed by atoms with van der Waals surface area (Å²) < 4.78 is 0. The minimum absolute atomic E-state index is 0.0629. The summed E-state index contributed by atoms with van der Waals surface area (Å²) in [4.78, 5) is 19.6. The van der Waals surface area contributed by atoms with Crippen molar-refractivity contribution < 1.29 is 4.79 Å². The third-order valence-electron chi connectivity index (χ3n) is 2.13. The molecule has 0 fully saturated rings. The molecule has 1 aromatic carbocycles. The van der Waals surface area contributed by atoms with E-state index in [2.05, 4.69) is 25.9 Å². The van der Waals surface area contributed by atoms with Gasteiger partial charge in [-0.05, 0) is 0 Å². The fourth-order valence-corrected chi connectivity index (χ4v) is 1.59. The third kappa shape index (κ3) is 2.33. The van der Waals surface area contributed by atoms with Crippen LogP contribution < -0.4 is 0 Å². The zero-order valence-corrected chi connectivity index (χ0v) is 10.0. The van der Waals surface area contributed by atoms with Gasteiger partial charge in [0, 0.05) is 5.56 Å². The van der Waals surface area contributed by atoms with Crippen molar-refractivity contribution in [1.82, 2.24) is 9.97 Å². The zero-order valence-electron chi connectivity index (χ0n) is 8.43. The lowest BCUT2D eigenvalue weighted by Crippen LogP contribution is -2.03. The molecular formula is C12H9BrN2O. The normalized spacial score (nSPS) is 10.1. The standard InChI is InChI=1S/C12H9BrN2O/c13-6-12(16)11-8-14-10(7-15-11)9-4-2-1-3-5-9/h1-5,7-8H,6H2. The maximum Gasteiger partial charge on any atom is 0.193 e. The largest absolute Gasteiger partial charge is 0.291 e. The minimum Gasteiger partial charge on any atom is -0.291 e. The second-order valence-corrected chi connectivity index (χ2v) is 3.77. The molecule has 0 spiro atoms. The molecule has 0 amide bonds. The smallest absolute Gasteiger partial charge is 0.193 e. The Balaban J connectivity index is 2.30. The summed E-state index contributed by atoms with van der Waals surface area (Å²) >= 11 is 3.10. The van der Waals surface area contributed by atoms with E-state index in [1.807, 2.05) is 30.3 Å². The van der Waals surface area contributed by atoms with Crippen molar-refractivity contribution in [1.29, 1.82) is 0 Å². The predicted octanol–water partition coefficient (Wildman–Crippen LogP) is 2.72. The third-order valence-corrected chi connectivity index (χ3v) is 2.64. The van der Waals surface area contributed by atoms with Crippen LogP contribution in [0.25, 0.3) is 11.3 Å². The van der Waals surface area contributed by atoms with Crippen molar-refractivity contribution >= 4 is 21.7 Å². The van der Waals surface area contributed by atoms with E-state index in [9.17, 15) is 4.79 Å². The Morgan fingerprint density at radius 1 is 1.12 bits per heavy atom. The molecule has 4 heteroatoms. The lowest BCUT2D eigenvalue weighted by atomic mass is 10.1. The maximum atomic E-state index is 11.3. The van der Waals surface area contributed by atoms with Gasteiger partial charge in [0.15, 0.2) is 5.78 Å². The van der Waals surface area contributed by atoms with Crippen molar-refractivity contribution in [2.45, 2.75) is 0 Å². The molecule has 0 aliphatic heterocycles. The van der Waals surface area contributed by atoms with Crippen LogP contribution >= 0.6 is 15.9 Å². The van der Waals surface area contributed by atoms with Crippen molar-refractivity contribution in [2.24, 2.45) is 0 Å². The van der Waals surface area contributed by atoms with Gasteiger partial charge in [0.2, 0.25) is 0 Å². The molecule has 2 aromatic rings. The molecule has 1 aromatic heterocycles. The van der Waals surface area contributed by atoms with E-state index < -0.39 is 0 Å². The van der Waals surface area contributed by atoms with E-state index in [4.69, 9.17) is 0 Å². The number of ketones is 1. The highest BCUT2D eigenvalue weighted by atomic mass is 79.9. The van der Waals surface area contributed by atoms with Crippen LogP contribution in [-0.2, 0) is 0 Å². The highest BCUT2D eigenvalue weighted by Crippen LogP contribution is 2.14. The molecule has 0 aliphatic carbocycles. The molecule has 0 saturated heterocycles. The van der Waals surface area contributed by atoms with Crippen LogP contribution in [0.3, 0.4) is 0 Å². The van der Waals surface area contributed by atoms with E-state index >= 15 is 0 Å². The average molecular weight is 277 g/mol. The molecule has 3 nitrogen and oxygen atoms in total. The van der Waals surface area contributed by atoms with E-state index in [0.29, 0.717) is 5.69 Å². The first-order valence-electron chi connectivity index (χ1n) is 4.78. The zero-order chi connectivity index (χ0) is 11.4. The average Bonchev–Trinajstić information content (AvgIpc) is 2.39. The Hall–Kier alpha value is -1.55. The molecule has 2 rings (SSSR count). The number of carbonyl (C=O) groups excluding carboxylic acids is 1. The summed E-state index contributed by atoms with van der Waals surface area (Å²) in [6.07, 6.45) is 3.12. The van der Waals surface area contributed by atoms with Crippen LogP contribution in [0.5, 0.6) is 0 Å². The number of rotatable bonds is 3. The number of hydrogen-bond donors (Lipinski definition) is 0. The Morgan fingerprint density at radius 3 is 2.44 bits per heavy atom. The van der Waals surface area contributed by atoms with Crippen LogP contribution in [0, 0.1) is 0 Å². The van der Waals surface area contributed by atoms with Crippen LogP contribution in [-0.4, -0.2) is 21.1 Å². The summed E-state index contributed by atoms with van der Waals surface area (Å²) in [7, 11) is 0. The molecule has 0 bridgehead atoms. The Labute approximate surface area is 102 Å². The molecule has 0 radical (unpaired) electrons. The number of aromatic nitrogens is 2. The van der Waals surface area contributed by atoms with Gasteiger partial charge in [0.25, 0.3) is 0 Å². The maximum absolute atomic E-state index is 11.3. The fraction of sp³-hybridized carbons (Fsp3) is 0.0833. The lowest BCUT2D eigenvalue weighted by molar-refractivity contribution is 0.101. The summed E-state index contributed by atoms with van der Waals surface area (Å²) in [6.45, 7) is 0. The molecule has 0 aliphatic rings. The van der Waals surface area contributed by atoms with Gasteiger partial charge < -0.3 is 0 Å². The number of carbonyl (C=O) groups is 1.